The molecule has 142 valence electrons. The van der Waals surface area contributed by atoms with E-state index in [2.05, 4.69) is 9.84 Å². The smallest absolute Gasteiger partial charge is 0.336 e. The van der Waals surface area contributed by atoms with E-state index in [1.807, 2.05) is 6.92 Å². The van der Waals surface area contributed by atoms with E-state index in [0.717, 1.165) is 19.3 Å². The number of rotatable bonds is 6. The molecular formula is C21H22ClFN2O2. The molecular weight excluding hydrogens is 367 g/mol. The van der Waals surface area contributed by atoms with Crippen molar-refractivity contribution in [1.29, 1.82) is 0 Å². The number of halogens is 2. The first-order valence-corrected chi connectivity index (χ1v) is 9.60. The second-order valence-corrected chi connectivity index (χ2v) is 7.53. The van der Waals surface area contributed by atoms with Gasteiger partial charge in [-0.05, 0) is 49.8 Å². The molecule has 0 aromatic heterocycles. The van der Waals surface area contributed by atoms with Gasteiger partial charge in [0, 0.05) is 5.02 Å². The van der Waals surface area contributed by atoms with Crippen LogP contribution in [0.25, 0.3) is 4.85 Å². The van der Waals surface area contributed by atoms with E-state index in [1.54, 1.807) is 13.0 Å². The zero-order chi connectivity index (χ0) is 19.6. The molecule has 1 aliphatic carbocycles. The molecule has 1 heterocycles. The van der Waals surface area contributed by atoms with Crippen molar-refractivity contribution >= 4 is 23.3 Å². The molecule has 1 aliphatic heterocycles. The Labute approximate surface area is 163 Å². The molecule has 1 aromatic carbocycles. The fourth-order valence-corrected chi connectivity index (χ4v) is 3.68. The second-order valence-electron chi connectivity index (χ2n) is 7.12. The quantitative estimate of drug-likeness (QED) is 0.488. The predicted molar refractivity (Wildman–Crippen MR) is 103 cm³/mol. The molecule has 1 fully saturated rings. The lowest BCUT2D eigenvalue weighted by molar-refractivity contribution is -0.140. The second kappa shape index (κ2) is 8.22. The van der Waals surface area contributed by atoms with Gasteiger partial charge in [-0.2, -0.15) is 0 Å². The van der Waals surface area contributed by atoms with Crippen LogP contribution in [0, 0.1) is 18.3 Å². The van der Waals surface area contributed by atoms with Gasteiger partial charge in [0.1, 0.15) is 11.7 Å². The third-order valence-electron chi connectivity index (χ3n) is 4.97. The van der Waals surface area contributed by atoms with E-state index in [1.165, 1.54) is 12.1 Å². The van der Waals surface area contributed by atoms with E-state index in [9.17, 15) is 9.18 Å². The average Bonchev–Trinajstić information content (AvgIpc) is 3.44. The summed E-state index contributed by atoms with van der Waals surface area (Å²) in [7, 11) is 0. The topological polar surface area (TPSA) is 43.0 Å². The number of aliphatic imine (C=N–C) groups is 1. The summed E-state index contributed by atoms with van der Waals surface area (Å²) in [4.78, 5) is 21.2. The van der Waals surface area contributed by atoms with Gasteiger partial charge in [0.05, 0.1) is 23.6 Å². The van der Waals surface area contributed by atoms with Crippen molar-refractivity contribution in [3.05, 3.63) is 57.3 Å². The van der Waals surface area contributed by atoms with Gasteiger partial charge < -0.3 is 9.58 Å². The summed E-state index contributed by atoms with van der Waals surface area (Å²) < 4.78 is 19.1. The summed E-state index contributed by atoms with van der Waals surface area (Å²) in [6.07, 6.45) is 3.55. The lowest BCUT2D eigenvalue weighted by atomic mass is 9.79. The van der Waals surface area contributed by atoms with E-state index in [0.29, 0.717) is 41.5 Å². The molecule has 2 atom stereocenters. The van der Waals surface area contributed by atoms with Crippen molar-refractivity contribution < 1.29 is 13.9 Å². The minimum atomic E-state index is -0.669. The highest BCUT2D eigenvalue weighted by atomic mass is 35.5. The van der Waals surface area contributed by atoms with Crippen molar-refractivity contribution in [1.82, 2.24) is 0 Å². The first-order valence-electron chi connectivity index (χ1n) is 9.23. The van der Waals surface area contributed by atoms with Crippen molar-refractivity contribution in [2.75, 3.05) is 6.61 Å². The summed E-state index contributed by atoms with van der Waals surface area (Å²) in [5.41, 5.74) is 2.22. The number of hydrogen-bond donors (Lipinski definition) is 0. The fourth-order valence-electron chi connectivity index (χ4n) is 3.39. The van der Waals surface area contributed by atoms with Gasteiger partial charge >= 0.3 is 5.97 Å². The maximum Gasteiger partial charge on any atom is 0.336 e. The summed E-state index contributed by atoms with van der Waals surface area (Å²) in [6, 6.07) is 3.40. The van der Waals surface area contributed by atoms with Crippen molar-refractivity contribution in [2.45, 2.75) is 51.5 Å². The molecule has 0 bridgehead atoms. The van der Waals surface area contributed by atoms with Crippen molar-refractivity contribution in [2.24, 2.45) is 10.9 Å². The molecule has 4 nitrogen and oxygen atoms in total. The Hall–Kier alpha value is -2.19. The van der Waals surface area contributed by atoms with Gasteiger partial charge in [-0.1, -0.05) is 31.0 Å². The lowest BCUT2D eigenvalue weighted by Crippen LogP contribution is -2.33. The van der Waals surface area contributed by atoms with Gasteiger partial charge in [-0.25, -0.2) is 15.8 Å². The largest absolute Gasteiger partial charge is 0.462 e. The summed E-state index contributed by atoms with van der Waals surface area (Å²) in [6.45, 7) is 11.8. The Morgan fingerprint density at radius 2 is 2.19 bits per heavy atom. The normalized spacial score (nSPS) is 22.3. The van der Waals surface area contributed by atoms with Gasteiger partial charge in [0.2, 0.25) is 0 Å². The van der Waals surface area contributed by atoms with Gasteiger partial charge in [0.15, 0.2) is 0 Å². The SMILES string of the molecule is [C-]#[N+]C1C(C)=NC(CCC)=C(C(=O)OCC2CC2)C1c1ccc(F)cc1Cl. The van der Waals surface area contributed by atoms with E-state index < -0.39 is 23.7 Å². The fraction of sp³-hybridized carbons (Fsp3) is 0.476. The highest BCUT2D eigenvalue weighted by Crippen LogP contribution is 2.41. The molecule has 1 aromatic rings. The maximum atomic E-state index is 13.6. The Kier molecular flexibility index (Phi) is 5.96. The number of benzene rings is 1. The minimum absolute atomic E-state index is 0.201. The Morgan fingerprint density at radius 1 is 1.44 bits per heavy atom. The van der Waals surface area contributed by atoms with Crippen LogP contribution in [0.15, 0.2) is 34.5 Å². The van der Waals surface area contributed by atoms with Crippen LogP contribution in [-0.4, -0.2) is 24.3 Å². The van der Waals surface area contributed by atoms with Crippen molar-refractivity contribution in [3.8, 4) is 0 Å². The molecule has 0 saturated heterocycles. The maximum absolute atomic E-state index is 13.6. The van der Waals surface area contributed by atoms with Gasteiger partial charge in [0.25, 0.3) is 6.04 Å². The van der Waals surface area contributed by atoms with Crippen LogP contribution in [0.4, 0.5) is 4.39 Å². The number of hydrogen-bond acceptors (Lipinski definition) is 3. The number of carbonyl (C=O) groups is 1. The lowest BCUT2D eigenvalue weighted by Gasteiger charge is -2.27. The van der Waals surface area contributed by atoms with Crippen LogP contribution in [0.1, 0.15) is 51.0 Å². The monoisotopic (exact) mass is 388 g/mol. The Balaban J connectivity index is 2.09. The third-order valence-corrected chi connectivity index (χ3v) is 5.29. The number of nitrogens with zero attached hydrogens (tertiary/aromatic N) is 2. The van der Waals surface area contributed by atoms with Crippen LogP contribution in [-0.2, 0) is 9.53 Å². The highest BCUT2D eigenvalue weighted by Gasteiger charge is 2.43. The van der Waals surface area contributed by atoms with Crippen LogP contribution in [0.5, 0.6) is 0 Å². The van der Waals surface area contributed by atoms with E-state index >= 15 is 0 Å². The number of ether oxygens (including phenoxy) is 1. The first kappa shape index (κ1) is 19.6. The first-order chi connectivity index (χ1) is 13.0. The van der Waals surface area contributed by atoms with E-state index in [4.69, 9.17) is 22.9 Å². The average molecular weight is 389 g/mol. The minimum Gasteiger partial charge on any atom is -0.462 e. The van der Waals surface area contributed by atoms with Crippen LogP contribution in [0.3, 0.4) is 0 Å². The number of esters is 1. The molecule has 2 unspecified atom stereocenters. The van der Waals surface area contributed by atoms with E-state index in [-0.39, 0.29) is 5.02 Å². The molecule has 0 spiro atoms. The van der Waals surface area contributed by atoms with Crippen LogP contribution in [0.2, 0.25) is 5.02 Å². The highest BCUT2D eigenvalue weighted by molar-refractivity contribution is 6.31. The number of allylic oxidation sites excluding steroid dienone is 1. The zero-order valence-corrected chi connectivity index (χ0v) is 16.2. The molecule has 1 saturated carbocycles. The van der Waals surface area contributed by atoms with Crippen molar-refractivity contribution in [3.63, 3.8) is 0 Å². The summed E-state index contributed by atoms with van der Waals surface area (Å²) in [5, 5.41) is 0.201. The zero-order valence-electron chi connectivity index (χ0n) is 15.5. The summed E-state index contributed by atoms with van der Waals surface area (Å²) in [5.74, 6) is -1.08. The predicted octanol–water partition coefficient (Wildman–Crippen LogP) is 5.33. The molecule has 6 heteroatoms. The number of carbonyl (C=O) groups excluding carboxylic acids is 1. The van der Waals surface area contributed by atoms with Crippen LogP contribution < -0.4 is 0 Å². The molecule has 0 N–H and O–H groups in total. The molecule has 27 heavy (non-hydrogen) atoms. The molecule has 0 radical (unpaired) electrons. The Bertz CT molecular complexity index is 852. The Morgan fingerprint density at radius 3 is 2.78 bits per heavy atom. The van der Waals surface area contributed by atoms with Gasteiger partial charge in [-0.15, -0.1) is 0 Å². The molecule has 0 amide bonds. The summed E-state index contributed by atoms with van der Waals surface area (Å²) >= 11 is 6.31. The molecule has 2 aliphatic rings. The third kappa shape index (κ3) is 4.22. The van der Waals surface area contributed by atoms with Gasteiger partial charge in [-0.3, -0.25) is 4.99 Å². The van der Waals surface area contributed by atoms with Crippen LogP contribution >= 0.6 is 11.6 Å². The molecule has 3 rings (SSSR count). The standard InChI is InChI=1S/C21H22ClFN2O2/c1-4-5-17-19(21(26)27-11-13-6-7-13)18(20(24-3)12(2)25-17)15-9-8-14(23)10-16(15)22/h8-10,13,18,20H,4-7,11H2,1-2H3.